The van der Waals surface area contributed by atoms with Crippen molar-refractivity contribution in [1.82, 2.24) is 4.98 Å². The minimum atomic E-state index is -0.393. The number of carbonyl (C=O) groups is 3. The number of nitrogens with zero attached hydrogens (tertiary/aromatic N) is 1. The molecule has 0 saturated carbocycles. The van der Waals surface area contributed by atoms with Gasteiger partial charge in [-0.15, -0.1) is 11.3 Å². The van der Waals surface area contributed by atoms with E-state index in [-0.39, 0.29) is 17.4 Å². The van der Waals surface area contributed by atoms with Gasteiger partial charge in [0.05, 0.1) is 5.69 Å². The van der Waals surface area contributed by atoms with Crippen molar-refractivity contribution in [2.45, 2.75) is 27.7 Å². The molecule has 0 bridgehead atoms. The average molecular weight is 423 g/mol. The molecule has 7 nitrogen and oxygen atoms in total. The third-order valence-electron chi connectivity index (χ3n) is 4.22. The maximum atomic E-state index is 12.8. The number of thiazole rings is 1. The minimum absolute atomic E-state index is 0.278. The monoisotopic (exact) mass is 422 g/mol. The fourth-order valence-corrected chi connectivity index (χ4v) is 3.74. The van der Waals surface area contributed by atoms with E-state index >= 15 is 0 Å². The van der Waals surface area contributed by atoms with Gasteiger partial charge in [-0.1, -0.05) is 23.8 Å². The fourth-order valence-electron chi connectivity index (χ4n) is 3.03. The third-order valence-corrected chi connectivity index (χ3v) is 4.98. The summed E-state index contributed by atoms with van der Waals surface area (Å²) in [4.78, 5) is 40.1. The Morgan fingerprint density at radius 1 is 0.867 bits per heavy atom. The molecule has 3 aromatic rings. The molecule has 0 aliphatic rings. The first-order valence-corrected chi connectivity index (χ1v) is 10.1. The van der Waals surface area contributed by atoms with Gasteiger partial charge in [0.2, 0.25) is 11.8 Å². The summed E-state index contributed by atoms with van der Waals surface area (Å²) in [5.74, 6) is -0.950. The maximum Gasteiger partial charge on any atom is 0.257 e. The van der Waals surface area contributed by atoms with E-state index in [0.717, 1.165) is 16.8 Å². The van der Waals surface area contributed by atoms with Crippen molar-refractivity contribution < 1.29 is 14.4 Å². The zero-order chi connectivity index (χ0) is 21.8. The summed E-state index contributed by atoms with van der Waals surface area (Å²) in [6.45, 7) is 6.80. The summed E-state index contributed by atoms with van der Waals surface area (Å²) < 4.78 is 0. The Morgan fingerprint density at radius 2 is 1.50 bits per heavy atom. The van der Waals surface area contributed by atoms with E-state index in [9.17, 15) is 14.4 Å². The van der Waals surface area contributed by atoms with E-state index in [4.69, 9.17) is 0 Å². The van der Waals surface area contributed by atoms with Crippen molar-refractivity contribution in [3.05, 3.63) is 58.5 Å². The van der Waals surface area contributed by atoms with Crippen molar-refractivity contribution in [1.29, 1.82) is 0 Å². The molecule has 0 fully saturated rings. The van der Waals surface area contributed by atoms with Gasteiger partial charge < -0.3 is 10.6 Å². The Balaban J connectivity index is 1.84. The topological polar surface area (TPSA) is 100 Å². The zero-order valence-electron chi connectivity index (χ0n) is 17.1. The van der Waals surface area contributed by atoms with E-state index in [1.54, 1.807) is 18.2 Å². The molecule has 0 spiro atoms. The first kappa shape index (κ1) is 21.2. The van der Waals surface area contributed by atoms with E-state index in [0.29, 0.717) is 16.5 Å². The molecule has 1 heterocycles. The normalized spacial score (nSPS) is 10.4. The van der Waals surface area contributed by atoms with Gasteiger partial charge in [-0.25, -0.2) is 4.98 Å². The third kappa shape index (κ3) is 5.30. The van der Waals surface area contributed by atoms with Crippen LogP contribution in [0.3, 0.4) is 0 Å². The molecular weight excluding hydrogens is 400 g/mol. The van der Waals surface area contributed by atoms with E-state index in [1.807, 2.05) is 31.4 Å². The van der Waals surface area contributed by atoms with Gasteiger partial charge in [0.1, 0.15) is 0 Å². The Bertz CT molecular complexity index is 1100. The summed E-state index contributed by atoms with van der Waals surface area (Å²) in [5, 5.41) is 10.4. The van der Waals surface area contributed by atoms with E-state index in [2.05, 4.69) is 27.0 Å². The van der Waals surface area contributed by atoms with Gasteiger partial charge in [0, 0.05) is 41.7 Å². The molecule has 3 amide bonds. The fraction of sp³-hybridized carbons (Fsp3) is 0.182. The van der Waals surface area contributed by atoms with Crippen LogP contribution in [0.2, 0.25) is 0 Å². The zero-order valence-corrected chi connectivity index (χ0v) is 17.9. The van der Waals surface area contributed by atoms with Crippen molar-refractivity contribution in [3.8, 4) is 11.3 Å². The van der Waals surface area contributed by atoms with Crippen LogP contribution in [0, 0.1) is 13.8 Å². The number of nitrogens with one attached hydrogen (secondary N) is 3. The number of aromatic nitrogens is 1. The molecule has 0 radical (unpaired) electrons. The van der Waals surface area contributed by atoms with Crippen LogP contribution < -0.4 is 16.0 Å². The van der Waals surface area contributed by atoms with Crippen LogP contribution >= 0.6 is 11.3 Å². The average Bonchev–Trinajstić information content (AvgIpc) is 3.08. The molecule has 0 unspecified atom stereocenters. The lowest BCUT2D eigenvalue weighted by atomic mass is 10.0. The highest BCUT2D eigenvalue weighted by Crippen LogP contribution is 2.28. The van der Waals surface area contributed by atoms with Gasteiger partial charge in [-0.05, 0) is 37.6 Å². The second-order valence-electron chi connectivity index (χ2n) is 6.97. The number of hydrogen-bond acceptors (Lipinski definition) is 5. The summed E-state index contributed by atoms with van der Waals surface area (Å²) in [7, 11) is 0. The highest BCUT2D eigenvalue weighted by Gasteiger charge is 2.14. The number of hydrogen-bond donors (Lipinski definition) is 3. The van der Waals surface area contributed by atoms with Crippen LogP contribution in [0.5, 0.6) is 0 Å². The Kier molecular flexibility index (Phi) is 6.27. The van der Waals surface area contributed by atoms with Crippen molar-refractivity contribution in [3.63, 3.8) is 0 Å². The van der Waals surface area contributed by atoms with Gasteiger partial charge in [0.25, 0.3) is 5.91 Å². The number of anilines is 3. The lowest BCUT2D eigenvalue weighted by Gasteiger charge is -2.10. The predicted octanol–water partition coefficient (Wildman–Crippen LogP) is 4.60. The molecule has 2 aromatic carbocycles. The molecule has 0 aliphatic carbocycles. The summed E-state index contributed by atoms with van der Waals surface area (Å²) in [6.07, 6.45) is 0. The van der Waals surface area contributed by atoms with Gasteiger partial charge in [-0.2, -0.15) is 0 Å². The van der Waals surface area contributed by atoms with E-state index in [1.165, 1.54) is 30.7 Å². The minimum Gasteiger partial charge on any atom is -0.326 e. The standard InChI is InChI=1S/C22H22N4O3S/c1-12-5-6-19(13(2)7-12)20-11-30-22(25-20)26-21(29)16-8-17(23-14(3)27)10-18(9-16)24-15(4)28/h5-11H,1-4H3,(H,23,27)(H,24,28)(H,25,26,29). The smallest absolute Gasteiger partial charge is 0.257 e. The van der Waals surface area contributed by atoms with Crippen LogP contribution in [0.1, 0.15) is 35.3 Å². The summed E-state index contributed by atoms with van der Waals surface area (Å²) in [6, 6.07) is 10.8. The summed E-state index contributed by atoms with van der Waals surface area (Å²) >= 11 is 1.33. The van der Waals surface area contributed by atoms with Gasteiger partial charge in [0.15, 0.2) is 5.13 Å². The predicted molar refractivity (Wildman–Crippen MR) is 120 cm³/mol. The van der Waals surface area contributed by atoms with Gasteiger partial charge in [-0.3, -0.25) is 19.7 Å². The van der Waals surface area contributed by atoms with Crippen LogP contribution in [-0.2, 0) is 9.59 Å². The Hall–Kier alpha value is -3.52. The van der Waals surface area contributed by atoms with Crippen LogP contribution in [0.25, 0.3) is 11.3 Å². The summed E-state index contributed by atoms with van der Waals surface area (Å²) in [5.41, 5.74) is 5.20. The highest BCUT2D eigenvalue weighted by molar-refractivity contribution is 7.14. The molecule has 154 valence electrons. The maximum absolute atomic E-state index is 12.8. The van der Waals surface area contributed by atoms with E-state index < -0.39 is 5.91 Å². The lowest BCUT2D eigenvalue weighted by molar-refractivity contribution is -0.115. The number of amides is 3. The molecule has 3 N–H and O–H groups in total. The molecule has 1 aromatic heterocycles. The molecule has 30 heavy (non-hydrogen) atoms. The molecule has 0 aliphatic heterocycles. The number of carbonyl (C=O) groups excluding carboxylic acids is 3. The van der Waals surface area contributed by atoms with Crippen LogP contribution in [0.15, 0.2) is 41.8 Å². The first-order valence-electron chi connectivity index (χ1n) is 9.26. The van der Waals surface area contributed by atoms with Gasteiger partial charge >= 0.3 is 0 Å². The first-order chi connectivity index (χ1) is 14.2. The molecular formula is C22H22N4O3S. The molecule has 8 heteroatoms. The molecule has 3 rings (SSSR count). The van der Waals surface area contributed by atoms with Crippen molar-refractivity contribution in [2.24, 2.45) is 0 Å². The molecule has 0 atom stereocenters. The number of rotatable bonds is 5. The number of aryl methyl sites for hydroxylation is 2. The van der Waals surface area contributed by atoms with Crippen LogP contribution in [0.4, 0.5) is 16.5 Å². The number of benzene rings is 2. The lowest BCUT2D eigenvalue weighted by Crippen LogP contribution is -2.15. The largest absolute Gasteiger partial charge is 0.326 e. The van der Waals surface area contributed by atoms with Crippen molar-refractivity contribution in [2.75, 3.05) is 16.0 Å². The Morgan fingerprint density at radius 3 is 2.07 bits per heavy atom. The second kappa shape index (κ2) is 8.87. The second-order valence-corrected chi connectivity index (χ2v) is 7.83. The van der Waals surface area contributed by atoms with Crippen LogP contribution in [-0.4, -0.2) is 22.7 Å². The molecule has 0 saturated heterocycles. The highest BCUT2D eigenvalue weighted by atomic mass is 32.1. The Labute approximate surface area is 178 Å². The van der Waals surface area contributed by atoms with Crippen molar-refractivity contribution >= 4 is 45.6 Å². The quantitative estimate of drug-likeness (QED) is 0.560. The SMILES string of the molecule is CC(=O)Nc1cc(NC(C)=O)cc(C(=O)Nc2nc(-c3ccc(C)cc3C)cs2)c1.